The first-order valence-electron chi connectivity index (χ1n) is 7.09. The largest absolute Gasteiger partial charge is 0.480 e. The number of carboxylic acids is 1. The van der Waals surface area contributed by atoms with Crippen LogP contribution in [-0.4, -0.2) is 39.2 Å². The van der Waals surface area contributed by atoms with E-state index in [9.17, 15) is 14.7 Å². The molecule has 2 unspecified atom stereocenters. The minimum absolute atomic E-state index is 0.0273. The van der Waals surface area contributed by atoms with E-state index in [0.29, 0.717) is 18.7 Å². The quantitative estimate of drug-likeness (QED) is 0.712. The molecule has 1 amide bonds. The highest BCUT2D eigenvalue weighted by molar-refractivity contribution is 5.94. The van der Waals surface area contributed by atoms with E-state index in [2.05, 4.69) is 20.8 Å². The lowest BCUT2D eigenvalue weighted by molar-refractivity contribution is -0.144. The summed E-state index contributed by atoms with van der Waals surface area (Å²) in [5, 5.41) is 18.5. The minimum Gasteiger partial charge on any atom is -0.480 e. The molecule has 8 heteroatoms. The van der Waals surface area contributed by atoms with Gasteiger partial charge in [-0.15, -0.1) is 0 Å². The third-order valence-electron chi connectivity index (χ3n) is 3.61. The SMILES string of the molecule is CCCC(C)(NC(=O)c1noc(C2CCCN2)n1)C(=O)O. The average Bonchev–Trinajstić information content (AvgIpc) is 3.09. The number of hydrogen-bond acceptors (Lipinski definition) is 6. The van der Waals surface area contributed by atoms with Gasteiger partial charge in [0.1, 0.15) is 5.54 Å². The van der Waals surface area contributed by atoms with Crippen LogP contribution >= 0.6 is 0 Å². The van der Waals surface area contributed by atoms with Crippen molar-refractivity contribution in [1.29, 1.82) is 0 Å². The number of aromatic nitrogens is 2. The van der Waals surface area contributed by atoms with Gasteiger partial charge in [-0.2, -0.15) is 4.98 Å². The smallest absolute Gasteiger partial charge is 0.329 e. The van der Waals surface area contributed by atoms with E-state index >= 15 is 0 Å². The van der Waals surface area contributed by atoms with Crippen molar-refractivity contribution < 1.29 is 19.2 Å². The van der Waals surface area contributed by atoms with Gasteiger partial charge in [-0.05, 0) is 32.7 Å². The number of nitrogens with one attached hydrogen (secondary N) is 2. The lowest BCUT2D eigenvalue weighted by Gasteiger charge is -2.24. The van der Waals surface area contributed by atoms with Crippen LogP contribution in [0.3, 0.4) is 0 Å². The van der Waals surface area contributed by atoms with E-state index < -0.39 is 17.4 Å². The predicted molar refractivity (Wildman–Crippen MR) is 72.7 cm³/mol. The fourth-order valence-electron chi connectivity index (χ4n) is 2.39. The van der Waals surface area contributed by atoms with Gasteiger partial charge in [-0.1, -0.05) is 18.5 Å². The van der Waals surface area contributed by atoms with Crippen LogP contribution in [0.5, 0.6) is 0 Å². The number of hydrogen-bond donors (Lipinski definition) is 3. The fraction of sp³-hybridized carbons (Fsp3) is 0.692. The molecule has 0 aromatic carbocycles. The Bertz CT molecular complexity index is 524. The fourth-order valence-corrected chi connectivity index (χ4v) is 2.39. The van der Waals surface area contributed by atoms with Crippen molar-refractivity contribution in [2.24, 2.45) is 0 Å². The van der Waals surface area contributed by atoms with E-state index in [1.807, 2.05) is 6.92 Å². The second-order valence-corrected chi connectivity index (χ2v) is 5.45. The summed E-state index contributed by atoms with van der Waals surface area (Å²) in [5.74, 6) is -1.49. The third kappa shape index (κ3) is 3.38. The molecule has 0 saturated carbocycles. The van der Waals surface area contributed by atoms with Gasteiger partial charge in [-0.25, -0.2) is 4.79 Å². The van der Waals surface area contributed by atoms with Crippen LogP contribution in [0.1, 0.15) is 62.1 Å². The molecular weight excluding hydrogens is 276 g/mol. The van der Waals surface area contributed by atoms with Gasteiger partial charge >= 0.3 is 5.97 Å². The highest BCUT2D eigenvalue weighted by Crippen LogP contribution is 2.21. The van der Waals surface area contributed by atoms with E-state index in [4.69, 9.17) is 4.52 Å². The maximum Gasteiger partial charge on any atom is 0.329 e. The van der Waals surface area contributed by atoms with E-state index in [0.717, 1.165) is 19.4 Å². The summed E-state index contributed by atoms with van der Waals surface area (Å²) in [6.07, 6.45) is 2.85. The standard InChI is InChI=1S/C13H20N4O4/c1-3-6-13(2,12(19)20)16-10(18)9-15-11(21-17-9)8-5-4-7-14-8/h8,14H,3-7H2,1-2H3,(H,16,18)(H,19,20). The van der Waals surface area contributed by atoms with Gasteiger partial charge in [0, 0.05) is 0 Å². The van der Waals surface area contributed by atoms with Crippen molar-refractivity contribution >= 4 is 11.9 Å². The summed E-state index contributed by atoms with van der Waals surface area (Å²) in [7, 11) is 0. The Morgan fingerprint density at radius 2 is 2.33 bits per heavy atom. The van der Waals surface area contributed by atoms with Gasteiger partial charge in [0.25, 0.3) is 11.7 Å². The van der Waals surface area contributed by atoms with Gasteiger partial charge < -0.3 is 20.3 Å². The number of carboxylic acid groups (broad SMARTS) is 1. The monoisotopic (exact) mass is 296 g/mol. The Balaban J connectivity index is 2.07. The molecule has 1 aliphatic rings. The Morgan fingerprint density at radius 1 is 1.57 bits per heavy atom. The molecule has 0 spiro atoms. The van der Waals surface area contributed by atoms with Crippen LogP contribution in [-0.2, 0) is 4.79 Å². The van der Waals surface area contributed by atoms with E-state index in [-0.39, 0.29) is 11.9 Å². The summed E-state index contributed by atoms with van der Waals surface area (Å²) in [5.41, 5.74) is -1.34. The minimum atomic E-state index is -1.34. The van der Waals surface area contributed by atoms with Crippen LogP contribution in [0.25, 0.3) is 0 Å². The summed E-state index contributed by atoms with van der Waals surface area (Å²) < 4.78 is 5.07. The highest BCUT2D eigenvalue weighted by atomic mass is 16.5. The van der Waals surface area contributed by atoms with Crippen LogP contribution in [0.15, 0.2) is 4.52 Å². The number of aliphatic carboxylic acids is 1. The second-order valence-electron chi connectivity index (χ2n) is 5.45. The first-order chi connectivity index (χ1) is 9.96. The molecule has 1 aliphatic heterocycles. The van der Waals surface area contributed by atoms with Gasteiger partial charge in [0.2, 0.25) is 5.89 Å². The lowest BCUT2D eigenvalue weighted by atomic mass is 9.96. The van der Waals surface area contributed by atoms with Gasteiger partial charge in [0.05, 0.1) is 6.04 Å². The third-order valence-corrected chi connectivity index (χ3v) is 3.61. The molecular formula is C13H20N4O4. The molecule has 0 radical (unpaired) electrons. The zero-order valence-electron chi connectivity index (χ0n) is 12.2. The van der Waals surface area contributed by atoms with E-state index in [1.54, 1.807) is 0 Å². The Morgan fingerprint density at radius 3 is 2.90 bits per heavy atom. The lowest BCUT2D eigenvalue weighted by Crippen LogP contribution is -2.52. The number of nitrogens with zero attached hydrogens (tertiary/aromatic N) is 2. The number of carbonyl (C=O) groups excluding carboxylic acids is 1. The van der Waals surface area contributed by atoms with Crippen molar-refractivity contribution in [1.82, 2.24) is 20.8 Å². The molecule has 8 nitrogen and oxygen atoms in total. The topological polar surface area (TPSA) is 117 Å². The summed E-state index contributed by atoms with van der Waals surface area (Å²) in [4.78, 5) is 27.4. The Hall–Kier alpha value is -1.96. The van der Waals surface area contributed by atoms with E-state index in [1.165, 1.54) is 6.92 Å². The molecule has 1 aromatic heterocycles. The number of rotatable bonds is 6. The average molecular weight is 296 g/mol. The van der Waals surface area contributed by atoms with Crippen molar-refractivity contribution in [3.8, 4) is 0 Å². The molecule has 2 heterocycles. The molecule has 0 bridgehead atoms. The van der Waals surface area contributed by atoms with Crippen LogP contribution < -0.4 is 10.6 Å². The van der Waals surface area contributed by atoms with Crippen molar-refractivity contribution in [2.45, 2.75) is 51.1 Å². The second kappa shape index (κ2) is 6.21. The Labute approximate surface area is 122 Å². The van der Waals surface area contributed by atoms with Gasteiger partial charge in [0.15, 0.2) is 0 Å². The van der Waals surface area contributed by atoms with Crippen molar-refractivity contribution in [3.05, 3.63) is 11.7 Å². The maximum absolute atomic E-state index is 12.1. The zero-order valence-corrected chi connectivity index (χ0v) is 12.2. The van der Waals surface area contributed by atoms with Crippen molar-refractivity contribution in [3.63, 3.8) is 0 Å². The normalized spacial score (nSPS) is 21.0. The molecule has 2 rings (SSSR count). The van der Waals surface area contributed by atoms with Crippen LogP contribution in [0.4, 0.5) is 0 Å². The zero-order chi connectivity index (χ0) is 15.5. The molecule has 1 aromatic rings. The Kier molecular flexibility index (Phi) is 4.56. The first kappa shape index (κ1) is 15.4. The predicted octanol–water partition coefficient (Wildman–Crippen LogP) is 0.867. The van der Waals surface area contributed by atoms with Gasteiger partial charge in [-0.3, -0.25) is 4.79 Å². The number of amides is 1. The van der Waals surface area contributed by atoms with Crippen molar-refractivity contribution in [2.75, 3.05) is 6.54 Å². The molecule has 1 saturated heterocycles. The van der Waals surface area contributed by atoms with Crippen LogP contribution in [0, 0.1) is 0 Å². The molecule has 21 heavy (non-hydrogen) atoms. The molecule has 1 fully saturated rings. The van der Waals surface area contributed by atoms with Crippen LogP contribution in [0.2, 0.25) is 0 Å². The highest BCUT2D eigenvalue weighted by Gasteiger charge is 2.35. The first-order valence-corrected chi connectivity index (χ1v) is 7.09. The molecule has 0 aliphatic carbocycles. The molecule has 116 valence electrons. The summed E-state index contributed by atoms with van der Waals surface area (Å²) in [6.45, 7) is 4.20. The summed E-state index contributed by atoms with van der Waals surface area (Å²) in [6, 6.07) is -0.0273. The maximum atomic E-state index is 12.1. The molecule has 2 atom stereocenters. The number of carbonyl (C=O) groups is 2. The molecule has 3 N–H and O–H groups in total. The summed E-state index contributed by atoms with van der Waals surface area (Å²) >= 11 is 0.